The van der Waals surface area contributed by atoms with Gasteiger partial charge < -0.3 is 14.8 Å². The van der Waals surface area contributed by atoms with E-state index in [-0.39, 0.29) is 6.61 Å². The zero-order chi connectivity index (χ0) is 15.0. The van der Waals surface area contributed by atoms with Gasteiger partial charge >= 0.3 is 5.97 Å². The number of carbonyl (C=O) groups is 1. The lowest BCUT2D eigenvalue weighted by Crippen LogP contribution is -2.16. The van der Waals surface area contributed by atoms with Gasteiger partial charge in [0.2, 0.25) is 0 Å². The SMILES string of the molecule is CCCCOC(=O)COc1c(F)cc(CNC)cc1F. The summed E-state index contributed by atoms with van der Waals surface area (Å²) < 4.78 is 37.0. The van der Waals surface area contributed by atoms with Gasteiger partial charge in [0.15, 0.2) is 24.0 Å². The summed E-state index contributed by atoms with van der Waals surface area (Å²) in [6.07, 6.45) is 1.64. The Balaban J connectivity index is 2.57. The molecule has 0 bridgehead atoms. The fourth-order valence-corrected chi connectivity index (χ4v) is 1.56. The van der Waals surface area contributed by atoms with Crippen LogP contribution < -0.4 is 10.1 Å². The third-order valence-corrected chi connectivity index (χ3v) is 2.53. The molecule has 1 rings (SSSR count). The summed E-state index contributed by atoms with van der Waals surface area (Å²) in [5, 5.41) is 2.79. The van der Waals surface area contributed by atoms with Gasteiger partial charge in [0.05, 0.1) is 6.61 Å². The van der Waals surface area contributed by atoms with Crippen molar-refractivity contribution in [2.24, 2.45) is 0 Å². The molecule has 0 aliphatic rings. The zero-order valence-corrected chi connectivity index (χ0v) is 11.7. The highest BCUT2D eigenvalue weighted by Gasteiger charge is 2.14. The maximum absolute atomic E-state index is 13.6. The number of benzene rings is 1. The smallest absolute Gasteiger partial charge is 0.344 e. The van der Waals surface area contributed by atoms with Gasteiger partial charge in [0, 0.05) is 6.54 Å². The van der Waals surface area contributed by atoms with E-state index in [1.807, 2.05) is 6.92 Å². The van der Waals surface area contributed by atoms with Crippen molar-refractivity contribution in [3.63, 3.8) is 0 Å². The van der Waals surface area contributed by atoms with Crippen LogP contribution in [-0.4, -0.2) is 26.2 Å². The Kier molecular flexibility index (Phi) is 6.93. The summed E-state index contributed by atoms with van der Waals surface area (Å²) in [5.41, 5.74) is 0.459. The molecule has 0 saturated heterocycles. The highest BCUT2D eigenvalue weighted by atomic mass is 19.1. The molecule has 0 spiro atoms. The van der Waals surface area contributed by atoms with Crippen molar-refractivity contribution in [3.8, 4) is 5.75 Å². The molecule has 6 heteroatoms. The molecule has 0 radical (unpaired) electrons. The molecule has 0 amide bonds. The molecule has 0 aliphatic heterocycles. The highest BCUT2D eigenvalue weighted by molar-refractivity contribution is 5.71. The average molecular weight is 287 g/mol. The minimum atomic E-state index is -0.836. The first kappa shape index (κ1) is 16.4. The first-order chi connectivity index (χ1) is 9.58. The monoisotopic (exact) mass is 287 g/mol. The van der Waals surface area contributed by atoms with Crippen LogP contribution in [0.4, 0.5) is 8.78 Å². The van der Waals surface area contributed by atoms with Gasteiger partial charge in [-0.05, 0) is 31.2 Å². The molecular weight excluding hydrogens is 268 g/mol. The van der Waals surface area contributed by atoms with E-state index < -0.39 is 30.0 Å². The number of carbonyl (C=O) groups excluding carboxylic acids is 1. The molecule has 0 heterocycles. The lowest BCUT2D eigenvalue weighted by Gasteiger charge is -2.10. The number of hydrogen-bond donors (Lipinski definition) is 1. The van der Waals surface area contributed by atoms with Crippen LogP contribution in [0.1, 0.15) is 25.3 Å². The summed E-state index contributed by atoms with van der Waals surface area (Å²) in [4.78, 5) is 11.3. The third kappa shape index (κ3) is 5.13. The van der Waals surface area contributed by atoms with Crippen molar-refractivity contribution in [1.82, 2.24) is 5.32 Å². The van der Waals surface area contributed by atoms with Crippen LogP contribution in [0.25, 0.3) is 0 Å². The van der Waals surface area contributed by atoms with E-state index in [9.17, 15) is 13.6 Å². The van der Waals surface area contributed by atoms with Gasteiger partial charge in [0.25, 0.3) is 0 Å². The molecule has 0 fully saturated rings. The van der Waals surface area contributed by atoms with E-state index in [1.165, 1.54) is 0 Å². The quantitative estimate of drug-likeness (QED) is 0.589. The molecule has 1 N–H and O–H groups in total. The van der Waals surface area contributed by atoms with E-state index in [4.69, 9.17) is 9.47 Å². The second-order valence-corrected chi connectivity index (χ2v) is 4.28. The van der Waals surface area contributed by atoms with Crippen molar-refractivity contribution >= 4 is 5.97 Å². The Hall–Kier alpha value is -1.69. The molecule has 112 valence electrons. The fraction of sp³-hybridized carbons (Fsp3) is 0.500. The summed E-state index contributed by atoms with van der Waals surface area (Å²) in [5.74, 6) is -2.87. The van der Waals surface area contributed by atoms with Crippen LogP contribution in [0.3, 0.4) is 0 Å². The van der Waals surface area contributed by atoms with Gasteiger partial charge in [-0.3, -0.25) is 0 Å². The van der Waals surface area contributed by atoms with Gasteiger partial charge in [-0.25, -0.2) is 13.6 Å². The summed E-state index contributed by atoms with van der Waals surface area (Å²) in [7, 11) is 1.67. The largest absolute Gasteiger partial charge is 0.476 e. The van der Waals surface area contributed by atoms with E-state index >= 15 is 0 Å². The maximum atomic E-state index is 13.6. The van der Waals surface area contributed by atoms with Gasteiger partial charge in [0.1, 0.15) is 0 Å². The minimum absolute atomic E-state index is 0.283. The molecule has 0 saturated carbocycles. The Morgan fingerprint density at radius 3 is 2.50 bits per heavy atom. The van der Waals surface area contributed by atoms with Crippen molar-refractivity contribution in [2.45, 2.75) is 26.3 Å². The van der Waals surface area contributed by atoms with Crippen LogP contribution in [0.5, 0.6) is 5.75 Å². The van der Waals surface area contributed by atoms with Gasteiger partial charge in [-0.2, -0.15) is 0 Å². The predicted molar refractivity (Wildman–Crippen MR) is 70.5 cm³/mol. The Morgan fingerprint density at radius 2 is 1.95 bits per heavy atom. The molecule has 4 nitrogen and oxygen atoms in total. The van der Waals surface area contributed by atoms with E-state index in [2.05, 4.69) is 5.32 Å². The summed E-state index contributed by atoms with van der Waals surface area (Å²) in [6, 6.07) is 2.33. The average Bonchev–Trinajstić information content (AvgIpc) is 2.38. The number of halogens is 2. The Bertz CT molecular complexity index is 429. The van der Waals surface area contributed by atoms with Crippen molar-refractivity contribution in [1.29, 1.82) is 0 Å². The first-order valence-corrected chi connectivity index (χ1v) is 6.49. The number of nitrogens with one attached hydrogen (secondary N) is 1. The normalized spacial score (nSPS) is 10.4. The lowest BCUT2D eigenvalue weighted by atomic mass is 10.2. The van der Waals surface area contributed by atoms with Crippen molar-refractivity contribution < 1.29 is 23.0 Å². The van der Waals surface area contributed by atoms with Crippen LogP contribution in [0, 0.1) is 11.6 Å². The number of esters is 1. The molecule has 0 aromatic heterocycles. The molecular formula is C14H19F2NO3. The predicted octanol–water partition coefficient (Wildman–Crippen LogP) is 2.41. The number of unbranched alkanes of at least 4 members (excludes halogenated alkanes) is 1. The summed E-state index contributed by atoms with van der Waals surface area (Å²) >= 11 is 0. The van der Waals surface area contributed by atoms with Gasteiger partial charge in [-0.1, -0.05) is 13.3 Å². The zero-order valence-electron chi connectivity index (χ0n) is 11.7. The first-order valence-electron chi connectivity index (χ1n) is 6.49. The second kappa shape index (κ2) is 8.47. The Morgan fingerprint density at radius 1 is 1.30 bits per heavy atom. The lowest BCUT2D eigenvalue weighted by molar-refractivity contribution is -0.146. The molecule has 20 heavy (non-hydrogen) atoms. The third-order valence-electron chi connectivity index (χ3n) is 2.53. The van der Waals surface area contributed by atoms with Crippen LogP contribution in [-0.2, 0) is 16.1 Å². The van der Waals surface area contributed by atoms with E-state index in [1.54, 1.807) is 7.05 Å². The minimum Gasteiger partial charge on any atom is -0.476 e. The highest BCUT2D eigenvalue weighted by Crippen LogP contribution is 2.23. The Labute approximate surface area is 117 Å². The molecule has 1 aromatic rings. The maximum Gasteiger partial charge on any atom is 0.344 e. The molecule has 1 aromatic carbocycles. The number of hydrogen-bond acceptors (Lipinski definition) is 4. The van der Waals surface area contributed by atoms with Gasteiger partial charge in [-0.15, -0.1) is 0 Å². The molecule has 0 unspecified atom stereocenters. The van der Waals surface area contributed by atoms with Crippen molar-refractivity contribution in [3.05, 3.63) is 29.3 Å². The number of rotatable bonds is 8. The van der Waals surface area contributed by atoms with Crippen molar-refractivity contribution in [2.75, 3.05) is 20.3 Å². The van der Waals surface area contributed by atoms with Crippen LogP contribution in [0.2, 0.25) is 0 Å². The second-order valence-electron chi connectivity index (χ2n) is 4.28. The standard InChI is InChI=1S/C14H19F2NO3/c1-3-4-5-19-13(18)9-20-14-11(15)6-10(8-17-2)7-12(14)16/h6-7,17H,3-5,8-9H2,1-2H3. The number of ether oxygens (including phenoxy) is 2. The van der Waals surface area contributed by atoms with E-state index in [0.29, 0.717) is 12.1 Å². The van der Waals surface area contributed by atoms with Crippen LogP contribution in [0.15, 0.2) is 12.1 Å². The van der Waals surface area contributed by atoms with E-state index in [0.717, 1.165) is 25.0 Å². The summed E-state index contributed by atoms with van der Waals surface area (Å²) in [6.45, 7) is 2.07. The fourth-order valence-electron chi connectivity index (χ4n) is 1.56. The molecule has 0 atom stereocenters. The van der Waals surface area contributed by atoms with Crippen LogP contribution >= 0.6 is 0 Å². The molecule has 0 aliphatic carbocycles. The topological polar surface area (TPSA) is 47.6 Å².